The third-order valence-corrected chi connectivity index (χ3v) is 4.32. The van der Waals surface area contributed by atoms with Gasteiger partial charge in [-0.3, -0.25) is 14.4 Å². The molecule has 1 aliphatic rings. The van der Waals surface area contributed by atoms with Crippen molar-refractivity contribution in [3.63, 3.8) is 0 Å². The highest BCUT2D eigenvalue weighted by molar-refractivity contribution is 5.98. The number of rotatable bonds is 8. The van der Waals surface area contributed by atoms with E-state index >= 15 is 0 Å². The SMILES string of the molecule is Cc1ccc(C(=O)CCC(=O)NCCNC(=O)c2ccc3c(c2)OCO3)cc1. The number of hydrogen-bond donors (Lipinski definition) is 2. The van der Waals surface area contributed by atoms with Crippen molar-refractivity contribution in [2.75, 3.05) is 19.9 Å². The van der Waals surface area contributed by atoms with E-state index in [-0.39, 0.29) is 50.3 Å². The Balaban J connectivity index is 1.34. The van der Waals surface area contributed by atoms with Gasteiger partial charge in [-0.25, -0.2) is 0 Å². The Morgan fingerprint density at radius 3 is 2.32 bits per heavy atom. The van der Waals surface area contributed by atoms with Crippen molar-refractivity contribution < 1.29 is 23.9 Å². The third kappa shape index (κ3) is 5.09. The predicted molar refractivity (Wildman–Crippen MR) is 103 cm³/mol. The van der Waals surface area contributed by atoms with Crippen LogP contribution < -0.4 is 20.1 Å². The summed E-state index contributed by atoms with van der Waals surface area (Å²) in [7, 11) is 0. The fraction of sp³-hybridized carbons (Fsp3) is 0.286. The van der Waals surface area contributed by atoms with Gasteiger partial charge in [-0.2, -0.15) is 0 Å². The van der Waals surface area contributed by atoms with Crippen molar-refractivity contribution in [3.05, 3.63) is 59.2 Å². The van der Waals surface area contributed by atoms with Crippen LogP contribution in [0.15, 0.2) is 42.5 Å². The molecule has 0 unspecified atom stereocenters. The molecule has 7 heteroatoms. The molecule has 2 aromatic carbocycles. The van der Waals surface area contributed by atoms with E-state index in [9.17, 15) is 14.4 Å². The Kier molecular flexibility index (Phi) is 6.26. The Bertz CT molecular complexity index is 877. The van der Waals surface area contributed by atoms with E-state index in [1.54, 1.807) is 30.3 Å². The van der Waals surface area contributed by atoms with Crippen LogP contribution in [0.5, 0.6) is 11.5 Å². The van der Waals surface area contributed by atoms with E-state index in [1.807, 2.05) is 19.1 Å². The van der Waals surface area contributed by atoms with Gasteiger partial charge in [0.1, 0.15) is 0 Å². The van der Waals surface area contributed by atoms with Gasteiger partial charge in [-0.15, -0.1) is 0 Å². The fourth-order valence-electron chi connectivity index (χ4n) is 2.72. The molecule has 0 saturated heterocycles. The Labute approximate surface area is 163 Å². The zero-order valence-corrected chi connectivity index (χ0v) is 15.6. The standard InChI is InChI=1S/C21H22N2O5/c1-14-2-4-15(5-3-14)17(24)7-9-20(25)22-10-11-23-21(26)16-6-8-18-19(12-16)28-13-27-18/h2-6,8,12H,7,9-11,13H2,1H3,(H,22,25)(H,23,26). The monoisotopic (exact) mass is 382 g/mol. The van der Waals surface area contributed by atoms with Gasteiger partial charge in [-0.1, -0.05) is 29.8 Å². The quantitative estimate of drug-likeness (QED) is 0.539. The second-order valence-electron chi connectivity index (χ2n) is 6.46. The first kappa shape index (κ1) is 19.4. The van der Waals surface area contributed by atoms with Gasteiger partial charge in [0.15, 0.2) is 17.3 Å². The molecule has 0 bridgehead atoms. The maximum Gasteiger partial charge on any atom is 0.251 e. The molecule has 146 valence electrons. The molecular formula is C21H22N2O5. The van der Waals surface area contributed by atoms with Crippen molar-refractivity contribution >= 4 is 17.6 Å². The molecule has 7 nitrogen and oxygen atoms in total. The van der Waals surface area contributed by atoms with Gasteiger partial charge in [0.25, 0.3) is 5.91 Å². The van der Waals surface area contributed by atoms with Gasteiger partial charge < -0.3 is 20.1 Å². The summed E-state index contributed by atoms with van der Waals surface area (Å²) in [4.78, 5) is 36.1. The van der Waals surface area contributed by atoms with E-state index in [4.69, 9.17) is 9.47 Å². The molecule has 2 aromatic rings. The minimum atomic E-state index is -0.262. The Morgan fingerprint density at radius 2 is 1.54 bits per heavy atom. The van der Waals surface area contributed by atoms with E-state index in [2.05, 4.69) is 10.6 Å². The lowest BCUT2D eigenvalue weighted by molar-refractivity contribution is -0.121. The summed E-state index contributed by atoms with van der Waals surface area (Å²) < 4.78 is 10.4. The molecule has 28 heavy (non-hydrogen) atoms. The zero-order valence-electron chi connectivity index (χ0n) is 15.6. The van der Waals surface area contributed by atoms with E-state index in [0.717, 1.165) is 5.56 Å². The molecule has 1 aliphatic heterocycles. The number of fused-ring (bicyclic) bond motifs is 1. The lowest BCUT2D eigenvalue weighted by atomic mass is 10.1. The lowest BCUT2D eigenvalue weighted by Gasteiger charge is -2.08. The lowest BCUT2D eigenvalue weighted by Crippen LogP contribution is -2.34. The molecule has 0 radical (unpaired) electrons. The zero-order chi connectivity index (χ0) is 19.9. The molecule has 0 aromatic heterocycles. The summed E-state index contributed by atoms with van der Waals surface area (Å²) in [6.07, 6.45) is 0.265. The normalized spacial score (nSPS) is 11.8. The molecule has 0 fully saturated rings. The molecular weight excluding hydrogens is 360 g/mol. The van der Waals surface area contributed by atoms with Crippen LogP contribution in [0.4, 0.5) is 0 Å². The maximum absolute atomic E-state index is 12.1. The number of benzene rings is 2. The summed E-state index contributed by atoms with van der Waals surface area (Å²) in [5.74, 6) is 0.606. The number of ether oxygens (including phenoxy) is 2. The highest BCUT2D eigenvalue weighted by Gasteiger charge is 2.16. The second-order valence-corrected chi connectivity index (χ2v) is 6.46. The average Bonchev–Trinajstić information content (AvgIpc) is 3.17. The van der Waals surface area contributed by atoms with Gasteiger partial charge in [0, 0.05) is 37.1 Å². The van der Waals surface area contributed by atoms with Crippen LogP contribution in [0.25, 0.3) is 0 Å². The predicted octanol–water partition coefficient (Wildman–Crippen LogP) is 2.23. The van der Waals surface area contributed by atoms with Crippen LogP contribution in [-0.2, 0) is 4.79 Å². The number of carbonyl (C=O) groups excluding carboxylic acids is 3. The number of amides is 2. The van der Waals surface area contributed by atoms with Crippen molar-refractivity contribution in [1.29, 1.82) is 0 Å². The number of Topliss-reactive ketones (excluding diaryl/α,β-unsaturated/α-hetero) is 1. The highest BCUT2D eigenvalue weighted by atomic mass is 16.7. The van der Waals surface area contributed by atoms with Crippen molar-refractivity contribution in [1.82, 2.24) is 10.6 Å². The first-order valence-corrected chi connectivity index (χ1v) is 9.07. The molecule has 0 atom stereocenters. The number of ketones is 1. The number of carbonyl (C=O) groups is 3. The fourth-order valence-corrected chi connectivity index (χ4v) is 2.72. The van der Waals surface area contributed by atoms with Crippen LogP contribution >= 0.6 is 0 Å². The van der Waals surface area contributed by atoms with Crippen LogP contribution in [0, 0.1) is 6.92 Å². The van der Waals surface area contributed by atoms with Crippen molar-refractivity contribution in [2.45, 2.75) is 19.8 Å². The van der Waals surface area contributed by atoms with Crippen LogP contribution in [-0.4, -0.2) is 37.5 Å². The van der Waals surface area contributed by atoms with E-state index < -0.39 is 0 Å². The van der Waals surface area contributed by atoms with Gasteiger partial charge >= 0.3 is 0 Å². The average molecular weight is 382 g/mol. The second kappa shape index (κ2) is 9.03. The van der Waals surface area contributed by atoms with Crippen molar-refractivity contribution in [2.24, 2.45) is 0 Å². The molecule has 1 heterocycles. The molecule has 3 rings (SSSR count). The highest BCUT2D eigenvalue weighted by Crippen LogP contribution is 2.32. The number of aryl methyl sites for hydroxylation is 1. The van der Waals surface area contributed by atoms with Crippen LogP contribution in [0.1, 0.15) is 39.1 Å². The Hall–Kier alpha value is -3.35. The van der Waals surface area contributed by atoms with Gasteiger partial charge in [0.05, 0.1) is 0 Å². The minimum absolute atomic E-state index is 0.0636. The van der Waals surface area contributed by atoms with Gasteiger partial charge in [0.2, 0.25) is 12.7 Å². The number of hydrogen-bond acceptors (Lipinski definition) is 5. The van der Waals surface area contributed by atoms with Crippen LogP contribution in [0.2, 0.25) is 0 Å². The summed E-state index contributed by atoms with van der Waals surface area (Å²) >= 11 is 0. The van der Waals surface area contributed by atoms with Crippen LogP contribution in [0.3, 0.4) is 0 Å². The molecule has 0 spiro atoms. The van der Waals surface area contributed by atoms with E-state index in [0.29, 0.717) is 22.6 Å². The third-order valence-electron chi connectivity index (χ3n) is 4.32. The smallest absolute Gasteiger partial charge is 0.251 e. The summed E-state index contributed by atoms with van der Waals surface area (Å²) in [5.41, 5.74) is 2.14. The largest absolute Gasteiger partial charge is 0.454 e. The summed E-state index contributed by atoms with van der Waals surface area (Å²) in [6, 6.07) is 12.2. The number of nitrogens with one attached hydrogen (secondary N) is 2. The van der Waals surface area contributed by atoms with Gasteiger partial charge in [-0.05, 0) is 25.1 Å². The molecule has 0 aliphatic carbocycles. The minimum Gasteiger partial charge on any atom is -0.454 e. The molecule has 2 N–H and O–H groups in total. The Morgan fingerprint density at radius 1 is 0.857 bits per heavy atom. The molecule has 0 saturated carbocycles. The van der Waals surface area contributed by atoms with Crippen molar-refractivity contribution in [3.8, 4) is 11.5 Å². The first-order valence-electron chi connectivity index (χ1n) is 9.07. The summed E-state index contributed by atoms with van der Waals surface area (Å²) in [5, 5.41) is 5.42. The first-order chi connectivity index (χ1) is 13.5. The maximum atomic E-state index is 12.1. The summed E-state index contributed by atoms with van der Waals surface area (Å²) in [6.45, 7) is 2.67. The topological polar surface area (TPSA) is 93.7 Å². The molecule has 2 amide bonds. The van der Waals surface area contributed by atoms with E-state index in [1.165, 1.54) is 0 Å².